The molecule has 1 nitrogen and oxygen atoms in total. The maximum absolute atomic E-state index is 6.37. The van der Waals surface area contributed by atoms with Crippen LogP contribution in [0.25, 0.3) is 11.1 Å². The van der Waals surface area contributed by atoms with Crippen LogP contribution in [0.1, 0.15) is 81.8 Å². The van der Waals surface area contributed by atoms with Gasteiger partial charge < -0.3 is 4.74 Å². The topological polar surface area (TPSA) is 9.23 Å². The number of benzene rings is 2. The van der Waals surface area contributed by atoms with Gasteiger partial charge in [-0.3, -0.25) is 0 Å². The molecule has 1 saturated heterocycles. The minimum Gasteiger partial charge on any atom is -0.375 e. The van der Waals surface area contributed by atoms with E-state index in [2.05, 4.69) is 62.0 Å². The zero-order valence-corrected chi connectivity index (χ0v) is 18.7. The van der Waals surface area contributed by atoms with Crippen LogP contribution in [-0.2, 0) is 11.2 Å². The van der Waals surface area contributed by atoms with Crippen molar-refractivity contribution in [3.05, 3.63) is 72.3 Å². The Morgan fingerprint density at radius 1 is 0.867 bits per heavy atom. The van der Waals surface area contributed by atoms with E-state index < -0.39 is 0 Å². The fourth-order valence-electron chi connectivity index (χ4n) is 5.52. The number of aryl methyl sites for hydroxylation is 1. The Bertz CT molecular complexity index is 780. The molecule has 1 aliphatic heterocycles. The Hall–Kier alpha value is -1.86. The summed E-state index contributed by atoms with van der Waals surface area (Å²) in [6.07, 6.45) is 15.6. The molecule has 0 N–H and O–H groups in total. The van der Waals surface area contributed by atoms with E-state index in [0.717, 1.165) is 24.7 Å². The lowest BCUT2D eigenvalue weighted by molar-refractivity contribution is -0.00426. The Labute approximate surface area is 183 Å². The quantitative estimate of drug-likeness (QED) is 0.405. The van der Waals surface area contributed by atoms with Gasteiger partial charge in [0.05, 0.1) is 12.2 Å². The third kappa shape index (κ3) is 5.24. The summed E-state index contributed by atoms with van der Waals surface area (Å²) >= 11 is 0. The molecule has 0 spiro atoms. The highest BCUT2D eigenvalue weighted by Gasteiger charge is 2.34. The molecule has 2 fully saturated rings. The Kier molecular flexibility index (Phi) is 7.44. The molecule has 1 aliphatic carbocycles. The van der Waals surface area contributed by atoms with E-state index >= 15 is 0 Å². The van der Waals surface area contributed by atoms with Gasteiger partial charge in [-0.25, -0.2) is 0 Å². The van der Waals surface area contributed by atoms with E-state index in [-0.39, 0.29) is 0 Å². The molecule has 2 aromatic carbocycles. The van der Waals surface area contributed by atoms with Crippen LogP contribution in [0.4, 0.5) is 0 Å². The average molecular weight is 403 g/mol. The maximum Gasteiger partial charge on any atom is 0.0608 e. The summed E-state index contributed by atoms with van der Waals surface area (Å²) in [5, 5.41) is 0. The standard InChI is InChI=1S/C29H38O/c1-3-5-7-22-8-10-23(11-9-22)24-12-14-25(15-13-24)26-16-18-27(19-17-26)29-21-20-28(30-29)6-4-2/h3,8-15,26-29H,1,4-7,16-21H2,2H3. The highest BCUT2D eigenvalue weighted by molar-refractivity contribution is 5.64. The molecule has 160 valence electrons. The van der Waals surface area contributed by atoms with Gasteiger partial charge >= 0.3 is 0 Å². The molecular formula is C29H38O. The Balaban J connectivity index is 1.30. The molecule has 2 aromatic rings. The van der Waals surface area contributed by atoms with Crippen molar-refractivity contribution in [2.45, 2.75) is 89.3 Å². The van der Waals surface area contributed by atoms with Gasteiger partial charge in [0.2, 0.25) is 0 Å². The second-order valence-corrected chi connectivity index (χ2v) is 9.42. The van der Waals surface area contributed by atoms with Gasteiger partial charge in [0.1, 0.15) is 0 Å². The third-order valence-electron chi connectivity index (χ3n) is 7.36. The van der Waals surface area contributed by atoms with E-state index in [1.165, 1.54) is 73.6 Å². The molecule has 1 saturated carbocycles. The lowest BCUT2D eigenvalue weighted by Crippen LogP contribution is -2.25. The summed E-state index contributed by atoms with van der Waals surface area (Å²) in [6, 6.07) is 18.4. The van der Waals surface area contributed by atoms with Crippen molar-refractivity contribution in [3.8, 4) is 11.1 Å². The van der Waals surface area contributed by atoms with Crippen molar-refractivity contribution < 1.29 is 4.74 Å². The van der Waals surface area contributed by atoms with Gasteiger partial charge in [-0.2, -0.15) is 0 Å². The van der Waals surface area contributed by atoms with Crippen molar-refractivity contribution in [1.82, 2.24) is 0 Å². The minimum absolute atomic E-state index is 0.541. The first-order valence-corrected chi connectivity index (χ1v) is 12.2. The first-order chi connectivity index (χ1) is 14.8. The molecule has 1 heterocycles. The van der Waals surface area contributed by atoms with Gasteiger partial charge in [-0.05, 0) is 91.9 Å². The summed E-state index contributed by atoms with van der Waals surface area (Å²) in [6.45, 7) is 6.09. The van der Waals surface area contributed by atoms with Gasteiger partial charge in [-0.1, -0.05) is 68.0 Å². The second-order valence-electron chi connectivity index (χ2n) is 9.42. The van der Waals surface area contributed by atoms with E-state index in [1.807, 2.05) is 6.08 Å². The average Bonchev–Trinajstić information content (AvgIpc) is 3.27. The van der Waals surface area contributed by atoms with E-state index in [1.54, 1.807) is 0 Å². The molecule has 2 atom stereocenters. The number of ether oxygens (including phenoxy) is 1. The fourth-order valence-corrected chi connectivity index (χ4v) is 5.52. The molecular weight excluding hydrogens is 364 g/mol. The van der Waals surface area contributed by atoms with Gasteiger partial charge in [-0.15, -0.1) is 6.58 Å². The van der Waals surface area contributed by atoms with Crippen LogP contribution >= 0.6 is 0 Å². The molecule has 30 heavy (non-hydrogen) atoms. The third-order valence-corrected chi connectivity index (χ3v) is 7.36. The monoisotopic (exact) mass is 402 g/mol. The van der Waals surface area contributed by atoms with Crippen LogP contribution in [0.5, 0.6) is 0 Å². The van der Waals surface area contributed by atoms with Crippen molar-refractivity contribution in [1.29, 1.82) is 0 Å². The molecule has 0 aromatic heterocycles. The normalized spacial score (nSPS) is 26.6. The molecule has 0 radical (unpaired) electrons. The highest BCUT2D eigenvalue weighted by atomic mass is 16.5. The van der Waals surface area contributed by atoms with Crippen LogP contribution in [0.3, 0.4) is 0 Å². The van der Waals surface area contributed by atoms with Crippen molar-refractivity contribution in [2.24, 2.45) is 5.92 Å². The lowest BCUT2D eigenvalue weighted by Gasteiger charge is -2.32. The van der Waals surface area contributed by atoms with Crippen LogP contribution < -0.4 is 0 Å². The van der Waals surface area contributed by atoms with Crippen LogP contribution in [0, 0.1) is 5.92 Å². The first-order valence-electron chi connectivity index (χ1n) is 12.2. The summed E-state index contributed by atoms with van der Waals surface area (Å²) in [7, 11) is 0. The molecule has 2 aliphatic rings. The number of hydrogen-bond acceptors (Lipinski definition) is 1. The second kappa shape index (κ2) is 10.4. The highest BCUT2D eigenvalue weighted by Crippen LogP contribution is 2.41. The van der Waals surface area contributed by atoms with Crippen LogP contribution in [-0.4, -0.2) is 12.2 Å². The van der Waals surface area contributed by atoms with Crippen LogP contribution in [0.2, 0.25) is 0 Å². The summed E-state index contributed by atoms with van der Waals surface area (Å²) in [5.41, 5.74) is 5.55. The number of hydrogen-bond donors (Lipinski definition) is 0. The van der Waals surface area contributed by atoms with Crippen LogP contribution in [0.15, 0.2) is 61.2 Å². The molecule has 2 unspecified atom stereocenters. The smallest absolute Gasteiger partial charge is 0.0608 e. The molecule has 1 heteroatoms. The first kappa shape index (κ1) is 21.4. The van der Waals surface area contributed by atoms with E-state index in [4.69, 9.17) is 4.74 Å². The van der Waals surface area contributed by atoms with E-state index in [9.17, 15) is 0 Å². The van der Waals surface area contributed by atoms with Gasteiger partial charge in [0.15, 0.2) is 0 Å². The summed E-state index contributed by atoms with van der Waals surface area (Å²) in [5.74, 6) is 1.52. The zero-order chi connectivity index (χ0) is 20.8. The van der Waals surface area contributed by atoms with Crippen molar-refractivity contribution in [2.75, 3.05) is 0 Å². The fraction of sp³-hybridized carbons (Fsp3) is 0.517. The molecule has 0 amide bonds. The number of rotatable bonds is 8. The van der Waals surface area contributed by atoms with E-state index in [0.29, 0.717) is 12.2 Å². The number of allylic oxidation sites excluding steroid dienone is 1. The molecule has 0 bridgehead atoms. The predicted molar refractivity (Wildman–Crippen MR) is 128 cm³/mol. The van der Waals surface area contributed by atoms with Crippen molar-refractivity contribution in [3.63, 3.8) is 0 Å². The minimum atomic E-state index is 0.541. The Morgan fingerprint density at radius 3 is 2.17 bits per heavy atom. The summed E-state index contributed by atoms with van der Waals surface area (Å²) in [4.78, 5) is 0. The van der Waals surface area contributed by atoms with Gasteiger partial charge in [0.25, 0.3) is 0 Å². The Morgan fingerprint density at radius 2 is 1.53 bits per heavy atom. The maximum atomic E-state index is 6.37. The summed E-state index contributed by atoms with van der Waals surface area (Å²) < 4.78 is 6.37. The van der Waals surface area contributed by atoms with Gasteiger partial charge in [0, 0.05) is 0 Å². The SMILES string of the molecule is C=CCCc1ccc(-c2ccc(C3CCC(C4CCC(CCC)O4)CC3)cc2)cc1. The molecule has 4 rings (SSSR count). The predicted octanol–water partition coefficient (Wildman–Crippen LogP) is 8.09. The zero-order valence-electron chi connectivity index (χ0n) is 18.7. The largest absolute Gasteiger partial charge is 0.375 e. The lowest BCUT2D eigenvalue weighted by atomic mass is 9.76. The van der Waals surface area contributed by atoms with Crippen molar-refractivity contribution >= 4 is 0 Å².